The Morgan fingerprint density at radius 2 is 1.61 bits per heavy atom. The van der Waals surface area contributed by atoms with Crippen molar-refractivity contribution in [2.24, 2.45) is 0 Å². The highest BCUT2D eigenvalue weighted by molar-refractivity contribution is 6.30. The Morgan fingerprint density at radius 1 is 0.929 bits per heavy atom. The number of aromatic nitrogens is 2. The van der Waals surface area contributed by atoms with Gasteiger partial charge in [-0.05, 0) is 60.7 Å². The van der Waals surface area contributed by atoms with Gasteiger partial charge in [0.2, 0.25) is 0 Å². The molecular formula is C22H15ClFN3O. The van der Waals surface area contributed by atoms with Crippen molar-refractivity contribution in [2.45, 2.75) is 0 Å². The minimum Gasteiger partial charge on any atom is -0.322 e. The average molecular weight is 392 g/mol. The smallest absolute Gasteiger partial charge is 0.255 e. The fourth-order valence-electron chi connectivity index (χ4n) is 2.76. The maximum Gasteiger partial charge on any atom is 0.255 e. The van der Waals surface area contributed by atoms with Crippen molar-refractivity contribution in [1.82, 2.24) is 9.55 Å². The molecule has 0 fully saturated rings. The van der Waals surface area contributed by atoms with Gasteiger partial charge in [0.15, 0.2) is 0 Å². The van der Waals surface area contributed by atoms with Crippen LogP contribution in [0, 0.1) is 5.82 Å². The lowest BCUT2D eigenvalue weighted by molar-refractivity contribution is 0.102. The van der Waals surface area contributed by atoms with Crippen LogP contribution in [-0.4, -0.2) is 15.5 Å². The van der Waals surface area contributed by atoms with Gasteiger partial charge in [0, 0.05) is 33.7 Å². The van der Waals surface area contributed by atoms with E-state index in [0.29, 0.717) is 16.3 Å². The maximum atomic E-state index is 13.1. The quantitative estimate of drug-likeness (QED) is 0.493. The standard InChI is InChI=1S/C22H15ClFN3O/c23-17-5-1-16(2-6-17)22(28)26-19-9-3-15(4-10-19)21-13-27(14-25-21)20-11-7-18(24)8-12-20/h1-14H,(H,26,28). The molecule has 1 N–H and O–H groups in total. The van der Waals surface area contributed by atoms with Gasteiger partial charge in [0.1, 0.15) is 5.82 Å². The molecule has 0 saturated carbocycles. The molecule has 1 aromatic heterocycles. The third-order valence-electron chi connectivity index (χ3n) is 4.25. The summed E-state index contributed by atoms with van der Waals surface area (Å²) in [6.07, 6.45) is 3.55. The van der Waals surface area contributed by atoms with Crippen molar-refractivity contribution in [2.75, 3.05) is 5.32 Å². The molecule has 138 valence electrons. The zero-order valence-corrected chi connectivity index (χ0v) is 15.4. The van der Waals surface area contributed by atoms with Crippen molar-refractivity contribution in [3.63, 3.8) is 0 Å². The van der Waals surface area contributed by atoms with Crippen LogP contribution in [0.15, 0.2) is 85.3 Å². The Labute approximate surface area is 166 Å². The molecule has 0 aliphatic carbocycles. The molecule has 28 heavy (non-hydrogen) atoms. The zero-order valence-electron chi connectivity index (χ0n) is 14.6. The van der Waals surface area contributed by atoms with Gasteiger partial charge >= 0.3 is 0 Å². The van der Waals surface area contributed by atoms with E-state index in [1.165, 1.54) is 12.1 Å². The number of carbonyl (C=O) groups is 1. The van der Waals surface area contributed by atoms with Crippen molar-refractivity contribution < 1.29 is 9.18 Å². The second-order valence-electron chi connectivity index (χ2n) is 6.18. The lowest BCUT2D eigenvalue weighted by atomic mass is 10.1. The van der Waals surface area contributed by atoms with Gasteiger partial charge in [-0.25, -0.2) is 9.37 Å². The highest BCUT2D eigenvalue weighted by Crippen LogP contribution is 2.22. The van der Waals surface area contributed by atoms with Crippen LogP contribution >= 0.6 is 11.6 Å². The van der Waals surface area contributed by atoms with Crippen LogP contribution in [0.1, 0.15) is 10.4 Å². The lowest BCUT2D eigenvalue weighted by Crippen LogP contribution is -2.11. The van der Waals surface area contributed by atoms with E-state index in [2.05, 4.69) is 10.3 Å². The molecule has 0 bridgehead atoms. The number of benzene rings is 3. The van der Waals surface area contributed by atoms with Gasteiger partial charge in [-0.15, -0.1) is 0 Å². The number of hydrogen-bond donors (Lipinski definition) is 1. The first-order valence-electron chi connectivity index (χ1n) is 8.56. The second kappa shape index (κ2) is 7.66. The van der Waals surface area contributed by atoms with Crippen molar-refractivity contribution in [3.05, 3.63) is 102 Å². The topological polar surface area (TPSA) is 46.9 Å². The molecular weight excluding hydrogens is 377 g/mol. The highest BCUT2D eigenvalue weighted by Gasteiger charge is 2.08. The maximum absolute atomic E-state index is 13.1. The summed E-state index contributed by atoms with van der Waals surface area (Å²) in [7, 11) is 0. The summed E-state index contributed by atoms with van der Waals surface area (Å²) in [4.78, 5) is 16.7. The van der Waals surface area contributed by atoms with Crippen LogP contribution in [0.2, 0.25) is 5.02 Å². The Kier molecular flexibility index (Phi) is 4.91. The van der Waals surface area contributed by atoms with Gasteiger partial charge < -0.3 is 9.88 Å². The number of hydrogen-bond acceptors (Lipinski definition) is 2. The normalized spacial score (nSPS) is 10.6. The third kappa shape index (κ3) is 3.94. The molecule has 0 radical (unpaired) electrons. The summed E-state index contributed by atoms with van der Waals surface area (Å²) in [6, 6.07) is 20.3. The van der Waals surface area contributed by atoms with E-state index in [1.807, 2.05) is 35.0 Å². The van der Waals surface area contributed by atoms with E-state index in [9.17, 15) is 9.18 Å². The predicted octanol–water partition coefficient (Wildman–Crippen LogP) is 5.58. The average Bonchev–Trinajstić information content (AvgIpc) is 3.20. The number of nitrogens with one attached hydrogen (secondary N) is 1. The molecule has 4 rings (SSSR count). The SMILES string of the molecule is O=C(Nc1ccc(-c2cn(-c3ccc(F)cc3)cn2)cc1)c1ccc(Cl)cc1. The molecule has 3 aromatic carbocycles. The number of amides is 1. The van der Waals surface area contributed by atoms with E-state index in [-0.39, 0.29) is 11.7 Å². The van der Waals surface area contributed by atoms with Crippen molar-refractivity contribution in [3.8, 4) is 16.9 Å². The summed E-state index contributed by atoms with van der Waals surface area (Å²) >= 11 is 5.84. The first-order chi connectivity index (χ1) is 13.6. The van der Waals surface area contributed by atoms with Crippen LogP contribution in [0.5, 0.6) is 0 Å². The Balaban J connectivity index is 1.48. The molecule has 6 heteroatoms. The molecule has 4 nitrogen and oxygen atoms in total. The minimum absolute atomic E-state index is 0.204. The van der Waals surface area contributed by atoms with Gasteiger partial charge in [0.05, 0.1) is 12.0 Å². The van der Waals surface area contributed by atoms with E-state index in [4.69, 9.17) is 11.6 Å². The number of rotatable bonds is 4. The van der Waals surface area contributed by atoms with E-state index in [0.717, 1.165) is 16.9 Å². The van der Waals surface area contributed by atoms with Crippen LogP contribution in [0.25, 0.3) is 16.9 Å². The molecule has 0 aliphatic heterocycles. The predicted molar refractivity (Wildman–Crippen MR) is 108 cm³/mol. The molecule has 4 aromatic rings. The largest absolute Gasteiger partial charge is 0.322 e. The summed E-state index contributed by atoms with van der Waals surface area (Å²) in [6.45, 7) is 0. The van der Waals surface area contributed by atoms with Crippen LogP contribution < -0.4 is 5.32 Å². The van der Waals surface area contributed by atoms with Gasteiger partial charge in [-0.1, -0.05) is 23.7 Å². The van der Waals surface area contributed by atoms with Crippen LogP contribution in [0.4, 0.5) is 10.1 Å². The lowest BCUT2D eigenvalue weighted by Gasteiger charge is -2.06. The minimum atomic E-state index is -0.277. The van der Waals surface area contributed by atoms with Gasteiger partial charge in [-0.3, -0.25) is 4.79 Å². The number of nitrogens with zero attached hydrogens (tertiary/aromatic N) is 2. The molecule has 1 heterocycles. The molecule has 0 spiro atoms. The third-order valence-corrected chi connectivity index (χ3v) is 4.50. The summed E-state index contributed by atoms with van der Waals surface area (Å²) in [5, 5.41) is 3.43. The fraction of sp³-hybridized carbons (Fsp3) is 0. The van der Waals surface area contributed by atoms with Crippen LogP contribution in [-0.2, 0) is 0 Å². The number of anilines is 1. The monoisotopic (exact) mass is 391 g/mol. The number of imidazole rings is 1. The highest BCUT2D eigenvalue weighted by atomic mass is 35.5. The second-order valence-corrected chi connectivity index (χ2v) is 6.62. The molecule has 1 amide bonds. The molecule has 0 atom stereocenters. The first kappa shape index (κ1) is 17.9. The first-order valence-corrected chi connectivity index (χ1v) is 8.93. The molecule has 0 unspecified atom stereocenters. The number of carbonyl (C=O) groups excluding carboxylic acids is 1. The molecule has 0 saturated heterocycles. The van der Waals surface area contributed by atoms with E-state index < -0.39 is 0 Å². The Hall–Kier alpha value is -3.44. The summed E-state index contributed by atoms with van der Waals surface area (Å²) in [5.74, 6) is -0.481. The van der Waals surface area contributed by atoms with Gasteiger partial charge in [0.25, 0.3) is 5.91 Å². The Bertz CT molecular complexity index is 1100. The molecule has 0 aliphatic rings. The van der Waals surface area contributed by atoms with Crippen LogP contribution in [0.3, 0.4) is 0 Å². The summed E-state index contributed by atoms with van der Waals surface area (Å²) < 4.78 is 14.9. The van der Waals surface area contributed by atoms with E-state index >= 15 is 0 Å². The van der Waals surface area contributed by atoms with Crippen molar-refractivity contribution in [1.29, 1.82) is 0 Å². The summed E-state index contributed by atoms with van der Waals surface area (Å²) in [5.41, 5.74) is 3.73. The van der Waals surface area contributed by atoms with Crippen molar-refractivity contribution >= 4 is 23.2 Å². The zero-order chi connectivity index (χ0) is 19.5. The Morgan fingerprint density at radius 3 is 2.29 bits per heavy atom. The fourth-order valence-corrected chi connectivity index (χ4v) is 2.88. The number of halogens is 2. The van der Waals surface area contributed by atoms with Gasteiger partial charge in [-0.2, -0.15) is 0 Å². The van der Waals surface area contributed by atoms with E-state index in [1.54, 1.807) is 42.7 Å².